The van der Waals surface area contributed by atoms with E-state index in [0.717, 1.165) is 0 Å². The zero-order valence-electron chi connectivity index (χ0n) is 4.92. The lowest BCUT2D eigenvalue weighted by atomic mass is 10.0. The van der Waals surface area contributed by atoms with Crippen LogP contribution in [0.15, 0.2) is 11.1 Å². The first-order chi connectivity index (χ1) is 4.20. The van der Waals surface area contributed by atoms with E-state index >= 15 is 0 Å². The lowest BCUT2D eigenvalue weighted by molar-refractivity contribution is 0.142. The fourth-order valence-corrected chi connectivity index (χ4v) is 1.10. The number of hydrogen-bond acceptors (Lipinski definition) is 2. The Morgan fingerprint density at radius 1 is 1.44 bits per heavy atom. The predicted molar refractivity (Wildman–Crippen MR) is 35.2 cm³/mol. The Balaban J connectivity index is 2.61. The van der Waals surface area contributed by atoms with E-state index in [0.29, 0.717) is 17.9 Å². The minimum atomic E-state index is -0.546. The summed E-state index contributed by atoms with van der Waals surface area (Å²) in [7, 11) is 0. The highest BCUT2D eigenvalue weighted by molar-refractivity contribution is 6.30. The van der Waals surface area contributed by atoms with E-state index in [4.69, 9.17) is 21.8 Å². The molecular formula is C6H9ClO2. The van der Waals surface area contributed by atoms with Gasteiger partial charge in [-0.25, -0.2) is 0 Å². The molecule has 0 amide bonds. The van der Waals surface area contributed by atoms with Crippen LogP contribution in [-0.4, -0.2) is 22.4 Å². The molecule has 9 heavy (non-hydrogen) atoms. The summed E-state index contributed by atoms with van der Waals surface area (Å²) >= 11 is 5.51. The number of hydrogen-bond donors (Lipinski definition) is 2. The van der Waals surface area contributed by atoms with E-state index < -0.39 is 12.2 Å². The first-order valence-electron chi connectivity index (χ1n) is 2.93. The third-order valence-corrected chi connectivity index (χ3v) is 1.78. The Morgan fingerprint density at radius 2 is 2.11 bits per heavy atom. The molecule has 3 heteroatoms. The van der Waals surface area contributed by atoms with E-state index in [9.17, 15) is 0 Å². The van der Waals surface area contributed by atoms with Crippen LogP contribution in [0.4, 0.5) is 0 Å². The molecule has 0 fully saturated rings. The average Bonchev–Trinajstić information content (AvgIpc) is 1.80. The molecule has 2 nitrogen and oxygen atoms in total. The van der Waals surface area contributed by atoms with Crippen LogP contribution in [0.5, 0.6) is 0 Å². The minimum absolute atomic E-state index is 0.369. The molecule has 0 aromatic rings. The van der Waals surface area contributed by atoms with Gasteiger partial charge in [0, 0.05) is 5.03 Å². The molecule has 1 aliphatic carbocycles. The summed E-state index contributed by atoms with van der Waals surface area (Å²) < 4.78 is 0. The van der Waals surface area contributed by atoms with Crippen molar-refractivity contribution in [3.63, 3.8) is 0 Å². The van der Waals surface area contributed by atoms with Crippen molar-refractivity contribution in [2.75, 3.05) is 0 Å². The van der Waals surface area contributed by atoms with Gasteiger partial charge in [-0.15, -0.1) is 0 Å². The van der Waals surface area contributed by atoms with Crippen LogP contribution in [0, 0.1) is 0 Å². The highest BCUT2D eigenvalue weighted by atomic mass is 35.5. The van der Waals surface area contributed by atoms with E-state index in [-0.39, 0.29) is 0 Å². The van der Waals surface area contributed by atoms with Gasteiger partial charge in [-0.1, -0.05) is 11.6 Å². The summed E-state index contributed by atoms with van der Waals surface area (Å²) in [5, 5.41) is 18.3. The molecule has 2 N–H and O–H groups in total. The molecule has 2 unspecified atom stereocenters. The van der Waals surface area contributed by atoms with Crippen molar-refractivity contribution in [3.05, 3.63) is 11.1 Å². The molecule has 0 bridgehead atoms. The maximum Gasteiger partial charge on any atom is 0.0894 e. The molecule has 0 spiro atoms. The highest BCUT2D eigenvalue weighted by Gasteiger charge is 2.17. The Morgan fingerprint density at radius 3 is 2.56 bits per heavy atom. The topological polar surface area (TPSA) is 40.5 Å². The van der Waals surface area contributed by atoms with Crippen molar-refractivity contribution in [1.29, 1.82) is 0 Å². The fourth-order valence-electron chi connectivity index (χ4n) is 0.845. The van der Waals surface area contributed by atoms with Crippen LogP contribution in [-0.2, 0) is 0 Å². The zero-order chi connectivity index (χ0) is 6.85. The number of halogens is 1. The predicted octanol–water partition coefficient (Wildman–Crippen LogP) is 0.625. The van der Waals surface area contributed by atoms with Gasteiger partial charge in [0.2, 0.25) is 0 Å². The molecule has 0 saturated heterocycles. The molecule has 0 aliphatic heterocycles. The second kappa shape index (κ2) is 2.69. The average molecular weight is 149 g/mol. The molecular weight excluding hydrogens is 140 g/mol. The van der Waals surface area contributed by atoms with Gasteiger partial charge < -0.3 is 10.2 Å². The summed E-state index contributed by atoms with van der Waals surface area (Å²) in [6, 6.07) is 0. The van der Waals surface area contributed by atoms with E-state index in [1.807, 2.05) is 0 Å². The van der Waals surface area contributed by atoms with Crippen molar-refractivity contribution >= 4 is 11.6 Å². The van der Waals surface area contributed by atoms with Gasteiger partial charge >= 0.3 is 0 Å². The van der Waals surface area contributed by atoms with Gasteiger partial charge in [-0.2, -0.15) is 0 Å². The monoisotopic (exact) mass is 148 g/mol. The van der Waals surface area contributed by atoms with Crippen molar-refractivity contribution in [2.45, 2.75) is 25.0 Å². The van der Waals surface area contributed by atoms with Crippen LogP contribution >= 0.6 is 11.6 Å². The van der Waals surface area contributed by atoms with Crippen LogP contribution in [0.25, 0.3) is 0 Å². The highest BCUT2D eigenvalue weighted by Crippen LogP contribution is 2.20. The van der Waals surface area contributed by atoms with Gasteiger partial charge in [-0.3, -0.25) is 0 Å². The molecule has 52 valence electrons. The van der Waals surface area contributed by atoms with Crippen LogP contribution in [0.1, 0.15) is 12.8 Å². The van der Waals surface area contributed by atoms with Crippen molar-refractivity contribution in [1.82, 2.24) is 0 Å². The molecule has 1 rings (SSSR count). The number of aliphatic hydroxyl groups excluding tert-OH is 2. The fraction of sp³-hybridized carbons (Fsp3) is 0.667. The minimum Gasteiger partial charge on any atom is -0.389 e. The first kappa shape index (κ1) is 7.06. The molecule has 0 radical (unpaired) electrons. The first-order valence-corrected chi connectivity index (χ1v) is 3.31. The molecule has 2 atom stereocenters. The summed E-state index contributed by atoms with van der Waals surface area (Å²) in [5.41, 5.74) is 0. The molecule has 0 heterocycles. The van der Waals surface area contributed by atoms with Gasteiger partial charge in [-0.05, 0) is 18.9 Å². The smallest absolute Gasteiger partial charge is 0.0894 e. The second-order valence-electron chi connectivity index (χ2n) is 2.21. The standard InChI is InChI=1S/C6H9ClO2/c7-5-3-4(8)1-2-6(5)9/h3-4,6,8-9H,1-2H2. The van der Waals surface area contributed by atoms with Gasteiger partial charge in [0.1, 0.15) is 0 Å². The number of aliphatic hydroxyl groups is 2. The van der Waals surface area contributed by atoms with Crippen LogP contribution in [0.3, 0.4) is 0 Å². The third-order valence-electron chi connectivity index (χ3n) is 1.41. The van der Waals surface area contributed by atoms with Crippen LogP contribution in [0.2, 0.25) is 0 Å². The van der Waals surface area contributed by atoms with Crippen molar-refractivity contribution in [2.24, 2.45) is 0 Å². The van der Waals surface area contributed by atoms with Gasteiger partial charge in [0.05, 0.1) is 12.2 Å². The Kier molecular flexibility index (Phi) is 2.11. The third kappa shape index (κ3) is 1.68. The summed E-state index contributed by atoms with van der Waals surface area (Å²) in [6.45, 7) is 0. The normalized spacial score (nSPS) is 36.1. The second-order valence-corrected chi connectivity index (χ2v) is 2.65. The Bertz CT molecular complexity index is 133. The molecule has 0 aromatic carbocycles. The summed E-state index contributed by atoms with van der Waals surface area (Å²) in [5.74, 6) is 0. The molecule has 0 saturated carbocycles. The maximum atomic E-state index is 8.98. The molecule has 1 aliphatic rings. The van der Waals surface area contributed by atoms with E-state index in [2.05, 4.69) is 0 Å². The summed E-state index contributed by atoms with van der Waals surface area (Å²) in [4.78, 5) is 0. The van der Waals surface area contributed by atoms with Crippen molar-refractivity contribution < 1.29 is 10.2 Å². The molecule has 0 aromatic heterocycles. The van der Waals surface area contributed by atoms with E-state index in [1.165, 1.54) is 6.08 Å². The lowest BCUT2D eigenvalue weighted by Gasteiger charge is -2.17. The zero-order valence-corrected chi connectivity index (χ0v) is 5.67. The Hall–Kier alpha value is -0.0500. The quantitative estimate of drug-likeness (QED) is 0.529. The van der Waals surface area contributed by atoms with Gasteiger partial charge in [0.25, 0.3) is 0 Å². The van der Waals surface area contributed by atoms with Gasteiger partial charge in [0.15, 0.2) is 0 Å². The lowest BCUT2D eigenvalue weighted by Crippen LogP contribution is -2.18. The SMILES string of the molecule is OC1C=C(Cl)C(O)CC1. The largest absolute Gasteiger partial charge is 0.389 e. The van der Waals surface area contributed by atoms with E-state index in [1.54, 1.807) is 0 Å². The van der Waals surface area contributed by atoms with Crippen LogP contribution < -0.4 is 0 Å². The summed E-state index contributed by atoms with van der Waals surface area (Å²) in [6.07, 6.45) is 1.65. The maximum absolute atomic E-state index is 8.98. The van der Waals surface area contributed by atoms with Crippen molar-refractivity contribution in [3.8, 4) is 0 Å². The Labute approximate surface area is 58.8 Å². The number of rotatable bonds is 0.